The molecule has 1 N–H and O–H groups in total. The fourth-order valence-corrected chi connectivity index (χ4v) is 2.59. The van der Waals surface area contributed by atoms with E-state index in [4.69, 9.17) is 0 Å². The highest BCUT2D eigenvalue weighted by atomic mass is 16.1. The molecule has 0 bridgehead atoms. The molecule has 1 unspecified atom stereocenters. The van der Waals surface area contributed by atoms with Crippen LogP contribution in [0.2, 0.25) is 0 Å². The highest BCUT2D eigenvalue weighted by Gasteiger charge is 2.11. The van der Waals surface area contributed by atoms with Crippen LogP contribution in [-0.4, -0.2) is 25.0 Å². The third kappa shape index (κ3) is 4.26. The Hall–Kier alpha value is -1.51. The second-order valence-electron chi connectivity index (χ2n) is 5.77. The van der Waals surface area contributed by atoms with Crippen LogP contribution in [0, 0.1) is 0 Å². The van der Waals surface area contributed by atoms with E-state index < -0.39 is 0 Å². The van der Waals surface area contributed by atoms with E-state index in [2.05, 4.69) is 41.4 Å². The van der Waals surface area contributed by atoms with Crippen LogP contribution in [0.4, 0.5) is 5.69 Å². The van der Waals surface area contributed by atoms with Gasteiger partial charge in [0.25, 0.3) is 0 Å². The van der Waals surface area contributed by atoms with E-state index in [1.54, 1.807) is 0 Å². The number of nitrogens with zero attached hydrogens (tertiary/aromatic N) is 1. The lowest BCUT2D eigenvalue weighted by Gasteiger charge is -2.28. The van der Waals surface area contributed by atoms with Gasteiger partial charge in [0.15, 0.2) is 0 Å². The summed E-state index contributed by atoms with van der Waals surface area (Å²) in [5.41, 5.74) is 2.38. The first-order valence-electron chi connectivity index (χ1n) is 7.82. The summed E-state index contributed by atoms with van der Waals surface area (Å²) in [6.45, 7) is 6.44. The zero-order valence-electron chi connectivity index (χ0n) is 12.7. The van der Waals surface area contributed by atoms with Crippen molar-refractivity contribution in [3.63, 3.8) is 0 Å². The fourth-order valence-electron chi connectivity index (χ4n) is 2.59. The number of amides is 1. The van der Waals surface area contributed by atoms with Gasteiger partial charge >= 0.3 is 0 Å². The Morgan fingerprint density at radius 3 is 2.45 bits per heavy atom. The highest BCUT2D eigenvalue weighted by molar-refractivity contribution is 5.79. The summed E-state index contributed by atoms with van der Waals surface area (Å²) in [5.74, 6) is 0.116. The minimum Gasteiger partial charge on any atom is -0.372 e. The maximum Gasteiger partial charge on any atom is 0.224 e. The number of nitrogens with one attached hydrogen (secondary N) is 1. The monoisotopic (exact) mass is 274 g/mol. The molecule has 1 amide bonds. The van der Waals surface area contributed by atoms with Gasteiger partial charge in [0.1, 0.15) is 0 Å². The molecule has 110 valence electrons. The second-order valence-corrected chi connectivity index (χ2v) is 5.77. The van der Waals surface area contributed by atoms with E-state index in [0.717, 1.165) is 25.1 Å². The minimum atomic E-state index is 0.116. The van der Waals surface area contributed by atoms with Crippen molar-refractivity contribution in [1.82, 2.24) is 5.32 Å². The molecule has 1 aliphatic rings. The van der Waals surface area contributed by atoms with Crippen LogP contribution >= 0.6 is 0 Å². The van der Waals surface area contributed by atoms with Gasteiger partial charge in [-0.25, -0.2) is 0 Å². The lowest BCUT2D eigenvalue weighted by atomic mass is 10.1. The second kappa shape index (κ2) is 7.32. The van der Waals surface area contributed by atoms with Gasteiger partial charge in [-0.1, -0.05) is 19.1 Å². The minimum absolute atomic E-state index is 0.116. The zero-order valence-corrected chi connectivity index (χ0v) is 12.7. The van der Waals surface area contributed by atoms with Gasteiger partial charge in [-0.2, -0.15) is 0 Å². The molecule has 1 aromatic rings. The molecule has 3 nitrogen and oxygen atoms in total. The Bertz CT molecular complexity index is 421. The first kappa shape index (κ1) is 14.9. The topological polar surface area (TPSA) is 32.3 Å². The number of anilines is 1. The molecule has 1 aromatic carbocycles. The van der Waals surface area contributed by atoms with Crippen molar-refractivity contribution in [2.45, 2.75) is 52.0 Å². The van der Waals surface area contributed by atoms with Gasteiger partial charge in [-0.15, -0.1) is 0 Å². The maximum absolute atomic E-state index is 11.8. The molecule has 1 fully saturated rings. The van der Waals surface area contributed by atoms with Crippen LogP contribution < -0.4 is 10.2 Å². The van der Waals surface area contributed by atoms with Crippen molar-refractivity contribution in [3.05, 3.63) is 29.8 Å². The average Bonchev–Trinajstić information content (AvgIpc) is 2.48. The highest BCUT2D eigenvalue weighted by Crippen LogP contribution is 2.20. The number of carbonyl (C=O) groups is 1. The lowest BCUT2D eigenvalue weighted by molar-refractivity contribution is -0.121. The normalized spacial score (nSPS) is 16.8. The summed E-state index contributed by atoms with van der Waals surface area (Å²) in [7, 11) is 0. The van der Waals surface area contributed by atoms with Crippen LogP contribution in [0.5, 0.6) is 0 Å². The van der Waals surface area contributed by atoms with Crippen LogP contribution in [-0.2, 0) is 11.2 Å². The lowest BCUT2D eigenvalue weighted by Crippen LogP contribution is -2.33. The summed E-state index contributed by atoms with van der Waals surface area (Å²) >= 11 is 0. The summed E-state index contributed by atoms with van der Waals surface area (Å²) < 4.78 is 0. The Labute approximate surface area is 122 Å². The molecule has 20 heavy (non-hydrogen) atoms. The Morgan fingerprint density at radius 1 is 1.20 bits per heavy atom. The van der Waals surface area contributed by atoms with E-state index in [9.17, 15) is 4.79 Å². The standard InChI is InChI=1S/C17H26N2O/c1-3-14(2)18-17(20)13-15-7-9-16(10-8-15)19-11-5-4-6-12-19/h7-10,14H,3-6,11-13H2,1-2H3,(H,18,20). The number of piperidine rings is 1. The van der Waals surface area contributed by atoms with Crippen molar-refractivity contribution in [2.24, 2.45) is 0 Å². The summed E-state index contributed by atoms with van der Waals surface area (Å²) in [4.78, 5) is 14.3. The molecule has 1 heterocycles. The van der Waals surface area contributed by atoms with Gasteiger partial charge in [-0.05, 0) is 50.3 Å². The number of benzene rings is 1. The van der Waals surface area contributed by atoms with Crippen LogP contribution in [0.3, 0.4) is 0 Å². The number of carbonyl (C=O) groups excluding carboxylic acids is 1. The zero-order chi connectivity index (χ0) is 14.4. The molecule has 1 aliphatic heterocycles. The molecule has 1 atom stereocenters. The van der Waals surface area contributed by atoms with Crippen LogP contribution in [0.25, 0.3) is 0 Å². The summed E-state index contributed by atoms with van der Waals surface area (Å²) in [6.07, 6.45) is 5.38. The number of rotatable bonds is 5. The SMILES string of the molecule is CCC(C)NC(=O)Cc1ccc(N2CCCCC2)cc1. The van der Waals surface area contributed by atoms with Gasteiger partial charge in [-0.3, -0.25) is 4.79 Å². The predicted octanol–water partition coefficient (Wildman–Crippen LogP) is 3.13. The molecule has 0 saturated carbocycles. The molecular formula is C17H26N2O. The largest absolute Gasteiger partial charge is 0.372 e. The van der Waals surface area contributed by atoms with Gasteiger partial charge in [0, 0.05) is 24.8 Å². The molecule has 0 radical (unpaired) electrons. The Kier molecular flexibility index (Phi) is 5.45. The predicted molar refractivity (Wildman–Crippen MR) is 84.1 cm³/mol. The molecule has 3 heteroatoms. The van der Waals surface area contributed by atoms with E-state index in [-0.39, 0.29) is 11.9 Å². The van der Waals surface area contributed by atoms with E-state index in [1.165, 1.54) is 24.9 Å². The average molecular weight is 274 g/mol. The third-order valence-corrected chi connectivity index (χ3v) is 4.04. The fraction of sp³-hybridized carbons (Fsp3) is 0.588. The van der Waals surface area contributed by atoms with Crippen LogP contribution in [0.15, 0.2) is 24.3 Å². The van der Waals surface area contributed by atoms with Crippen molar-refractivity contribution in [3.8, 4) is 0 Å². The van der Waals surface area contributed by atoms with E-state index in [0.29, 0.717) is 6.42 Å². The number of hydrogen-bond donors (Lipinski definition) is 1. The Morgan fingerprint density at radius 2 is 1.85 bits per heavy atom. The van der Waals surface area contributed by atoms with Crippen molar-refractivity contribution < 1.29 is 4.79 Å². The molecule has 0 spiro atoms. The summed E-state index contributed by atoms with van der Waals surface area (Å²) in [6, 6.07) is 8.73. The summed E-state index contributed by atoms with van der Waals surface area (Å²) in [5, 5.41) is 3.01. The first-order valence-corrected chi connectivity index (χ1v) is 7.82. The molecule has 0 aromatic heterocycles. The van der Waals surface area contributed by atoms with E-state index >= 15 is 0 Å². The van der Waals surface area contributed by atoms with Gasteiger partial charge in [0.05, 0.1) is 6.42 Å². The Balaban J connectivity index is 1.89. The van der Waals surface area contributed by atoms with Crippen LogP contribution in [0.1, 0.15) is 45.1 Å². The first-order chi connectivity index (χ1) is 9.69. The molecule has 0 aliphatic carbocycles. The molecule has 1 saturated heterocycles. The number of hydrogen-bond acceptors (Lipinski definition) is 2. The molecule has 2 rings (SSSR count). The maximum atomic E-state index is 11.8. The van der Waals surface area contributed by atoms with Crippen molar-refractivity contribution in [1.29, 1.82) is 0 Å². The van der Waals surface area contributed by atoms with Gasteiger partial charge in [0.2, 0.25) is 5.91 Å². The quantitative estimate of drug-likeness (QED) is 0.894. The van der Waals surface area contributed by atoms with Crippen molar-refractivity contribution in [2.75, 3.05) is 18.0 Å². The van der Waals surface area contributed by atoms with Crippen molar-refractivity contribution >= 4 is 11.6 Å². The van der Waals surface area contributed by atoms with Gasteiger partial charge < -0.3 is 10.2 Å². The molecular weight excluding hydrogens is 248 g/mol. The van der Waals surface area contributed by atoms with E-state index in [1.807, 2.05) is 6.92 Å². The third-order valence-electron chi connectivity index (χ3n) is 4.04. The smallest absolute Gasteiger partial charge is 0.224 e.